The molecule has 0 heterocycles. The Morgan fingerprint density at radius 3 is 2.67 bits per heavy atom. The summed E-state index contributed by atoms with van der Waals surface area (Å²) in [5.41, 5.74) is 5.33. The first-order valence-electron chi connectivity index (χ1n) is 11.4. The van der Waals surface area contributed by atoms with Crippen molar-refractivity contribution in [2.24, 2.45) is 16.5 Å². The van der Waals surface area contributed by atoms with Crippen molar-refractivity contribution in [3.8, 4) is 0 Å². The molecule has 2 fully saturated rings. The van der Waals surface area contributed by atoms with Gasteiger partial charge in [-0.15, -0.1) is 0 Å². The molecule has 0 aromatic heterocycles. The van der Waals surface area contributed by atoms with Crippen LogP contribution in [0.2, 0.25) is 0 Å². The quantitative estimate of drug-likeness (QED) is 0.348. The lowest BCUT2D eigenvalue weighted by atomic mass is 9.49. The minimum Gasteiger partial charge on any atom is -0.481 e. The van der Waals surface area contributed by atoms with Gasteiger partial charge in [0.05, 0.1) is 11.1 Å². The van der Waals surface area contributed by atoms with Crippen LogP contribution in [0.15, 0.2) is 29.9 Å². The summed E-state index contributed by atoms with van der Waals surface area (Å²) in [5, 5.41) is 14.7. The first kappa shape index (κ1) is 21.1. The van der Waals surface area contributed by atoms with Crippen LogP contribution < -0.4 is 0 Å². The highest BCUT2D eigenvalue weighted by atomic mass is 16.6. The van der Waals surface area contributed by atoms with E-state index in [1.54, 1.807) is 6.08 Å². The van der Waals surface area contributed by atoms with E-state index in [1.807, 2.05) is 6.92 Å². The zero-order valence-electron chi connectivity index (χ0n) is 18.8. The van der Waals surface area contributed by atoms with Crippen LogP contribution in [0.1, 0.15) is 100 Å². The monoisotopic (exact) mass is 409 g/mol. The topological polar surface area (TPSA) is 58.9 Å². The lowest BCUT2D eigenvalue weighted by molar-refractivity contribution is -0.156. The third kappa shape index (κ3) is 3.29. The third-order valence-electron chi connectivity index (χ3n) is 7.97. The molecular formula is C26H35NO3. The van der Waals surface area contributed by atoms with Crippen LogP contribution in [0.25, 0.3) is 0 Å². The Kier molecular flexibility index (Phi) is 5.32. The van der Waals surface area contributed by atoms with E-state index < -0.39 is 11.4 Å². The number of hydrogen-bond donors (Lipinski definition) is 1. The number of rotatable bonds is 6. The number of oxime groups is 1. The zero-order valence-corrected chi connectivity index (χ0v) is 18.8. The third-order valence-corrected chi connectivity index (χ3v) is 7.97. The predicted molar refractivity (Wildman–Crippen MR) is 120 cm³/mol. The summed E-state index contributed by atoms with van der Waals surface area (Å²) in [6.07, 6.45) is 7.54. The Morgan fingerprint density at radius 1 is 1.33 bits per heavy atom. The van der Waals surface area contributed by atoms with Gasteiger partial charge < -0.3 is 9.94 Å². The van der Waals surface area contributed by atoms with Crippen molar-refractivity contribution < 1.29 is 14.7 Å². The second-order valence-electron chi connectivity index (χ2n) is 10.3. The molecule has 2 saturated carbocycles. The zero-order chi connectivity index (χ0) is 21.7. The van der Waals surface area contributed by atoms with Crippen molar-refractivity contribution in [3.05, 3.63) is 47.0 Å². The summed E-state index contributed by atoms with van der Waals surface area (Å²) in [6, 6.07) is 4.77. The molecule has 1 aromatic carbocycles. The van der Waals surface area contributed by atoms with Gasteiger partial charge in [0, 0.05) is 5.56 Å². The first-order chi connectivity index (χ1) is 14.2. The van der Waals surface area contributed by atoms with Gasteiger partial charge >= 0.3 is 5.97 Å². The van der Waals surface area contributed by atoms with Gasteiger partial charge in [0.15, 0.2) is 0 Å². The highest BCUT2D eigenvalue weighted by molar-refractivity contribution is 6.04. The maximum atomic E-state index is 12.4. The van der Waals surface area contributed by atoms with Crippen LogP contribution >= 0.6 is 0 Å². The summed E-state index contributed by atoms with van der Waals surface area (Å²) in [5.74, 6) is 0.423. The van der Waals surface area contributed by atoms with E-state index >= 15 is 0 Å². The smallest absolute Gasteiger partial charge is 0.309 e. The molecule has 1 unspecified atom stereocenters. The number of carboxylic acid groups (broad SMARTS) is 1. The van der Waals surface area contributed by atoms with Gasteiger partial charge in [-0.1, -0.05) is 51.1 Å². The van der Waals surface area contributed by atoms with Crippen molar-refractivity contribution in [1.29, 1.82) is 0 Å². The Labute approximate surface area is 180 Å². The molecule has 1 aromatic rings. The summed E-state index contributed by atoms with van der Waals surface area (Å²) < 4.78 is 0. The largest absolute Gasteiger partial charge is 0.481 e. The Balaban J connectivity index is 1.92. The molecule has 3 aliphatic carbocycles. The molecule has 0 radical (unpaired) electrons. The normalized spacial score (nSPS) is 31.9. The minimum absolute atomic E-state index is 0.00628. The molecule has 0 aliphatic heterocycles. The maximum Gasteiger partial charge on any atom is 0.309 e. The van der Waals surface area contributed by atoms with Gasteiger partial charge in [-0.25, -0.2) is 0 Å². The molecule has 30 heavy (non-hydrogen) atoms. The fourth-order valence-corrected chi connectivity index (χ4v) is 6.05. The fourth-order valence-electron chi connectivity index (χ4n) is 6.05. The van der Waals surface area contributed by atoms with Gasteiger partial charge in [0.2, 0.25) is 0 Å². The SMILES string of the molecule is C=CCO/N=C1\CC2[C@](C)(C(=O)O)CCC[C@]2(C)c2cc(C3CC3)c(C(C)C)cc21. The van der Waals surface area contributed by atoms with E-state index in [2.05, 4.69) is 44.6 Å². The summed E-state index contributed by atoms with van der Waals surface area (Å²) in [6.45, 7) is 12.8. The predicted octanol–water partition coefficient (Wildman–Crippen LogP) is 6.15. The number of benzene rings is 1. The molecule has 0 saturated heterocycles. The molecule has 4 rings (SSSR count). The van der Waals surface area contributed by atoms with Crippen LogP contribution in [0.4, 0.5) is 0 Å². The number of nitrogens with zero attached hydrogens (tertiary/aromatic N) is 1. The van der Waals surface area contributed by atoms with Crippen LogP contribution in [0, 0.1) is 11.3 Å². The van der Waals surface area contributed by atoms with Crippen LogP contribution in [0.5, 0.6) is 0 Å². The number of aliphatic carboxylic acids is 1. The average molecular weight is 410 g/mol. The molecule has 4 nitrogen and oxygen atoms in total. The lowest BCUT2D eigenvalue weighted by Gasteiger charge is -2.53. The maximum absolute atomic E-state index is 12.4. The number of fused-ring (bicyclic) bond motifs is 3. The fraction of sp³-hybridized carbons (Fsp3) is 0.615. The van der Waals surface area contributed by atoms with Gasteiger partial charge in [-0.3, -0.25) is 4.79 Å². The first-order valence-corrected chi connectivity index (χ1v) is 11.4. The van der Waals surface area contributed by atoms with E-state index in [1.165, 1.54) is 35.1 Å². The van der Waals surface area contributed by atoms with Crippen molar-refractivity contribution in [3.63, 3.8) is 0 Å². The Hall–Kier alpha value is -2.10. The minimum atomic E-state index is -0.750. The molecular weight excluding hydrogens is 374 g/mol. The summed E-state index contributed by atoms with van der Waals surface area (Å²) in [4.78, 5) is 17.9. The second kappa shape index (κ2) is 7.55. The van der Waals surface area contributed by atoms with Gasteiger partial charge in [-0.05, 0) is 85.0 Å². The highest BCUT2D eigenvalue weighted by Crippen LogP contribution is 2.58. The van der Waals surface area contributed by atoms with E-state index in [0.717, 1.165) is 25.0 Å². The van der Waals surface area contributed by atoms with Crippen LogP contribution in [0.3, 0.4) is 0 Å². The summed E-state index contributed by atoms with van der Waals surface area (Å²) >= 11 is 0. The van der Waals surface area contributed by atoms with Gasteiger partial charge in [0.1, 0.15) is 6.61 Å². The molecule has 162 valence electrons. The van der Waals surface area contributed by atoms with Crippen molar-refractivity contribution in [2.45, 2.75) is 83.5 Å². The lowest BCUT2D eigenvalue weighted by Crippen LogP contribution is -2.53. The van der Waals surface area contributed by atoms with Crippen molar-refractivity contribution >= 4 is 11.7 Å². The number of carboxylic acids is 1. The molecule has 0 amide bonds. The van der Waals surface area contributed by atoms with E-state index in [-0.39, 0.29) is 11.3 Å². The molecule has 3 atom stereocenters. The van der Waals surface area contributed by atoms with E-state index in [9.17, 15) is 9.90 Å². The van der Waals surface area contributed by atoms with Crippen LogP contribution in [-0.4, -0.2) is 23.4 Å². The molecule has 4 heteroatoms. The summed E-state index contributed by atoms with van der Waals surface area (Å²) in [7, 11) is 0. The van der Waals surface area contributed by atoms with E-state index in [0.29, 0.717) is 24.9 Å². The Morgan fingerprint density at radius 2 is 2.07 bits per heavy atom. The molecule has 1 N–H and O–H groups in total. The molecule has 0 bridgehead atoms. The second-order valence-corrected chi connectivity index (χ2v) is 10.3. The van der Waals surface area contributed by atoms with Crippen molar-refractivity contribution in [2.75, 3.05) is 6.61 Å². The van der Waals surface area contributed by atoms with Crippen molar-refractivity contribution in [1.82, 2.24) is 0 Å². The van der Waals surface area contributed by atoms with Gasteiger partial charge in [0.25, 0.3) is 0 Å². The van der Waals surface area contributed by atoms with E-state index in [4.69, 9.17) is 4.84 Å². The number of hydrogen-bond acceptors (Lipinski definition) is 3. The number of carbonyl (C=O) groups is 1. The highest BCUT2D eigenvalue weighted by Gasteiger charge is 2.56. The average Bonchev–Trinajstić information content (AvgIpc) is 3.53. The molecule has 0 spiro atoms. The standard InChI is InChI=1S/C26H35NO3/c1-6-12-30-27-22-15-23-25(4,10-7-11-26(23,5)24(28)29)21-14-19(17-8-9-17)18(16(2)3)13-20(21)22/h6,13-14,16-17,23H,1,7-12,15H2,2-5H3,(H,28,29)/b27-22+/t23?,25-,26-/m1/s1. The van der Waals surface area contributed by atoms with Gasteiger partial charge in [-0.2, -0.15) is 0 Å². The molecule has 3 aliphatic rings. The van der Waals surface area contributed by atoms with Crippen LogP contribution in [-0.2, 0) is 15.0 Å². The Bertz CT molecular complexity index is 898.